The van der Waals surface area contributed by atoms with Crippen LogP contribution in [0.3, 0.4) is 0 Å². The zero-order valence-corrected chi connectivity index (χ0v) is 7.27. The van der Waals surface area contributed by atoms with Gasteiger partial charge in [0.1, 0.15) is 5.75 Å². The number of benzene rings is 1. The van der Waals surface area contributed by atoms with E-state index >= 15 is 0 Å². The molecule has 13 heavy (non-hydrogen) atoms. The molecule has 1 fully saturated rings. The average Bonchev–Trinajstić information content (AvgIpc) is 2.92. The first-order valence-electron chi connectivity index (χ1n) is 4.37. The molecule has 68 valence electrons. The Hall–Kier alpha value is -1.51. The monoisotopic (exact) mass is 176 g/mol. The quantitative estimate of drug-likeness (QED) is 0.408. The molecule has 1 aliphatic rings. The van der Waals surface area contributed by atoms with Crippen molar-refractivity contribution < 1.29 is 5.11 Å². The van der Waals surface area contributed by atoms with Crippen LogP contribution in [0.2, 0.25) is 0 Å². The highest BCUT2D eigenvalue weighted by Gasteiger charge is 2.23. The van der Waals surface area contributed by atoms with Crippen molar-refractivity contribution in [3.05, 3.63) is 29.3 Å². The molecule has 0 aliphatic heterocycles. The van der Waals surface area contributed by atoms with Crippen molar-refractivity contribution in [1.29, 1.82) is 0 Å². The fraction of sp³-hybridized carbons (Fsp3) is 0.300. The summed E-state index contributed by atoms with van der Waals surface area (Å²) in [6.45, 7) is 0. The second-order valence-corrected chi connectivity index (χ2v) is 3.37. The van der Waals surface area contributed by atoms with Crippen molar-refractivity contribution in [1.82, 2.24) is 0 Å². The third-order valence-electron chi connectivity index (χ3n) is 2.31. The van der Waals surface area contributed by atoms with Gasteiger partial charge in [0.15, 0.2) is 0 Å². The Kier molecular flexibility index (Phi) is 1.93. The first-order chi connectivity index (χ1) is 6.31. The minimum atomic E-state index is 0.235. The molecule has 0 spiro atoms. The molecule has 1 aromatic rings. The van der Waals surface area contributed by atoms with Gasteiger partial charge in [-0.1, -0.05) is 6.07 Å². The highest BCUT2D eigenvalue weighted by molar-refractivity contribution is 5.83. The van der Waals surface area contributed by atoms with Crippen molar-refractivity contribution in [3.63, 3.8) is 0 Å². The molecule has 2 rings (SSSR count). The van der Waals surface area contributed by atoms with E-state index < -0.39 is 0 Å². The lowest BCUT2D eigenvalue weighted by Crippen LogP contribution is -1.89. The van der Waals surface area contributed by atoms with Gasteiger partial charge in [-0.25, -0.2) is 0 Å². The largest absolute Gasteiger partial charge is 0.507 e. The normalized spacial score (nSPS) is 16.6. The van der Waals surface area contributed by atoms with Crippen LogP contribution in [0.25, 0.3) is 0 Å². The molecule has 0 heterocycles. The molecule has 1 saturated carbocycles. The van der Waals surface area contributed by atoms with E-state index in [9.17, 15) is 5.11 Å². The van der Waals surface area contributed by atoms with Crippen LogP contribution in [0.15, 0.2) is 23.3 Å². The number of hydrogen-bond donors (Lipinski definition) is 2. The van der Waals surface area contributed by atoms with Gasteiger partial charge < -0.3 is 10.9 Å². The van der Waals surface area contributed by atoms with Crippen molar-refractivity contribution in [2.75, 3.05) is 0 Å². The molecule has 3 heteroatoms. The summed E-state index contributed by atoms with van der Waals surface area (Å²) in [6, 6.07) is 5.61. The van der Waals surface area contributed by atoms with Gasteiger partial charge in [-0.3, -0.25) is 0 Å². The zero-order valence-electron chi connectivity index (χ0n) is 7.27. The number of phenolic OH excluding ortho intramolecular Hbond substituents is 1. The van der Waals surface area contributed by atoms with Crippen LogP contribution >= 0.6 is 0 Å². The van der Waals surface area contributed by atoms with Crippen LogP contribution in [-0.2, 0) is 0 Å². The Labute approximate surface area is 76.9 Å². The van der Waals surface area contributed by atoms with Gasteiger partial charge in [-0.2, -0.15) is 5.10 Å². The predicted octanol–water partition coefficient (Wildman–Crippen LogP) is 1.56. The maximum atomic E-state index is 9.42. The topological polar surface area (TPSA) is 58.6 Å². The lowest BCUT2D eigenvalue weighted by molar-refractivity contribution is 0.474. The first kappa shape index (κ1) is 8.10. The van der Waals surface area contributed by atoms with Crippen molar-refractivity contribution >= 4 is 6.21 Å². The van der Waals surface area contributed by atoms with E-state index in [0.717, 1.165) is 0 Å². The van der Waals surface area contributed by atoms with E-state index in [0.29, 0.717) is 11.5 Å². The third-order valence-corrected chi connectivity index (χ3v) is 2.31. The van der Waals surface area contributed by atoms with Gasteiger partial charge in [0, 0.05) is 5.56 Å². The smallest absolute Gasteiger partial charge is 0.124 e. The van der Waals surface area contributed by atoms with Crippen molar-refractivity contribution in [3.8, 4) is 5.75 Å². The molecule has 3 nitrogen and oxygen atoms in total. The second-order valence-electron chi connectivity index (χ2n) is 3.37. The average molecular weight is 176 g/mol. The van der Waals surface area contributed by atoms with E-state index in [1.807, 2.05) is 12.1 Å². The van der Waals surface area contributed by atoms with Crippen LogP contribution < -0.4 is 5.84 Å². The highest BCUT2D eigenvalue weighted by atomic mass is 16.3. The molecule has 0 bridgehead atoms. The number of nitrogens with two attached hydrogens (primary N) is 1. The number of hydrazone groups is 1. The minimum Gasteiger partial charge on any atom is -0.507 e. The lowest BCUT2D eigenvalue weighted by atomic mass is 10.1. The van der Waals surface area contributed by atoms with Crippen LogP contribution in [0, 0.1) is 0 Å². The second kappa shape index (κ2) is 3.09. The fourth-order valence-electron chi connectivity index (χ4n) is 1.43. The highest BCUT2D eigenvalue weighted by Crippen LogP contribution is 2.40. The third kappa shape index (κ3) is 1.64. The zero-order chi connectivity index (χ0) is 9.26. The summed E-state index contributed by atoms with van der Waals surface area (Å²) in [5, 5.41) is 12.8. The van der Waals surface area contributed by atoms with Gasteiger partial charge in [-0.05, 0) is 36.5 Å². The Morgan fingerprint density at radius 3 is 2.85 bits per heavy atom. The Morgan fingerprint density at radius 1 is 1.46 bits per heavy atom. The maximum absolute atomic E-state index is 9.42. The van der Waals surface area contributed by atoms with Crippen molar-refractivity contribution in [2.45, 2.75) is 18.8 Å². The van der Waals surface area contributed by atoms with Crippen LogP contribution in [0.1, 0.15) is 29.9 Å². The molecule has 1 aromatic carbocycles. The summed E-state index contributed by atoms with van der Waals surface area (Å²) in [4.78, 5) is 0. The Bertz CT molecular complexity index is 343. The molecule has 1 aliphatic carbocycles. The van der Waals surface area contributed by atoms with Crippen LogP contribution in [0.5, 0.6) is 5.75 Å². The van der Waals surface area contributed by atoms with E-state index in [1.54, 1.807) is 6.07 Å². The number of aromatic hydroxyl groups is 1. The van der Waals surface area contributed by atoms with E-state index in [1.165, 1.54) is 24.6 Å². The summed E-state index contributed by atoms with van der Waals surface area (Å²) in [5.74, 6) is 5.95. The van der Waals surface area contributed by atoms with E-state index in [4.69, 9.17) is 5.84 Å². The molecule has 0 unspecified atom stereocenters. The summed E-state index contributed by atoms with van der Waals surface area (Å²) in [6.07, 6.45) is 3.98. The SMILES string of the molecule is NN=Cc1cc(C2CC2)ccc1O. The van der Waals surface area contributed by atoms with Crippen molar-refractivity contribution in [2.24, 2.45) is 10.9 Å². The summed E-state index contributed by atoms with van der Waals surface area (Å²) in [5.41, 5.74) is 1.97. The van der Waals surface area contributed by atoms with Gasteiger partial charge in [0.05, 0.1) is 6.21 Å². The molecule has 0 aromatic heterocycles. The molecule has 0 amide bonds. The number of nitrogens with zero attached hydrogens (tertiary/aromatic N) is 1. The molecule has 0 radical (unpaired) electrons. The van der Waals surface area contributed by atoms with Gasteiger partial charge in [0.25, 0.3) is 0 Å². The molecule has 0 saturated heterocycles. The summed E-state index contributed by atoms with van der Waals surface area (Å²) >= 11 is 0. The van der Waals surface area contributed by atoms with Gasteiger partial charge in [-0.15, -0.1) is 0 Å². The number of rotatable bonds is 2. The molecule has 3 N–H and O–H groups in total. The minimum absolute atomic E-state index is 0.235. The van der Waals surface area contributed by atoms with Gasteiger partial charge in [0.2, 0.25) is 0 Å². The number of phenols is 1. The van der Waals surface area contributed by atoms with Gasteiger partial charge >= 0.3 is 0 Å². The van der Waals surface area contributed by atoms with E-state index in [-0.39, 0.29) is 5.75 Å². The number of hydrogen-bond acceptors (Lipinski definition) is 3. The molecule has 0 atom stereocenters. The van der Waals surface area contributed by atoms with E-state index in [2.05, 4.69) is 5.10 Å². The van der Waals surface area contributed by atoms with Crippen LogP contribution in [-0.4, -0.2) is 11.3 Å². The predicted molar refractivity (Wildman–Crippen MR) is 51.9 cm³/mol. The summed E-state index contributed by atoms with van der Waals surface area (Å²) < 4.78 is 0. The van der Waals surface area contributed by atoms with Crippen LogP contribution in [0.4, 0.5) is 0 Å². The fourth-order valence-corrected chi connectivity index (χ4v) is 1.43. The Balaban J connectivity index is 2.35. The maximum Gasteiger partial charge on any atom is 0.124 e. The first-order valence-corrected chi connectivity index (χ1v) is 4.37. The lowest BCUT2D eigenvalue weighted by Gasteiger charge is -2.01. The summed E-state index contributed by atoms with van der Waals surface area (Å²) in [7, 11) is 0. The Morgan fingerprint density at radius 2 is 2.23 bits per heavy atom. The molecular formula is C10H12N2O. The standard InChI is InChI=1S/C10H12N2O/c11-12-6-9-5-8(7-1-2-7)3-4-10(9)13/h3-7,13H,1-2,11H2. The molecular weight excluding hydrogens is 164 g/mol.